The second-order valence-electron chi connectivity index (χ2n) is 8.51. The highest BCUT2D eigenvalue weighted by atomic mass is 79.9. The number of aromatic nitrogens is 3. The predicted molar refractivity (Wildman–Crippen MR) is 151 cm³/mol. The average molecular weight is 603 g/mol. The van der Waals surface area contributed by atoms with Crippen LogP contribution in [-0.2, 0) is 13.2 Å². The first-order chi connectivity index (χ1) is 17.6. The summed E-state index contributed by atoms with van der Waals surface area (Å²) >= 11 is 7.42. The van der Waals surface area contributed by atoms with Crippen LogP contribution in [0.15, 0.2) is 93.9 Å². The molecule has 0 fully saturated rings. The van der Waals surface area contributed by atoms with Gasteiger partial charge in [0.15, 0.2) is 17.1 Å². The molecule has 0 aliphatic heterocycles. The Balaban J connectivity index is 1.47. The molecular formula is C29H21Br2N3O2. The van der Waals surface area contributed by atoms with Gasteiger partial charge < -0.3 is 14.0 Å². The largest absolute Gasteiger partial charge is 0.493 e. The fourth-order valence-electron chi connectivity index (χ4n) is 4.49. The number of rotatable bonds is 6. The lowest BCUT2D eigenvalue weighted by Crippen LogP contribution is -2.03. The summed E-state index contributed by atoms with van der Waals surface area (Å²) in [5.74, 6) is 1.41. The number of hydrogen-bond acceptors (Lipinski definition) is 4. The Morgan fingerprint density at radius 3 is 2.31 bits per heavy atom. The first-order valence-corrected chi connectivity index (χ1v) is 13.1. The Morgan fingerprint density at radius 2 is 1.53 bits per heavy atom. The summed E-state index contributed by atoms with van der Waals surface area (Å²) in [4.78, 5) is 10.0. The summed E-state index contributed by atoms with van der Waals surface area (Å²) in [6.45, 7) is 1.06. The number of para-hydroxylation sites is 2. The summed E-state index contributed by atoms with van der Waals surface area (Å²) in [5.41, 5.74) is 6.68. The van der Waals surface area contributed by atoms with Gasteiger partial charge in [-0.1, -0.05) is 64.5 Å². The molecule has 0 saturated heterocycles. The smallest absolute Gasteiger partial charge is 0.162 e. The Labute approximate surface area is 225 Å². The van der Waals surface area contributed by atoms with Crippen LogP contribution in [-0.4, -0.2) is 21.6 Å². The fraction of sp³-hybridized carbons (Fsp3) is 0.103. The van der Waals surface area contributed by atoms with E-state index in [1.165, 1.54) is 0 Å². The average Bonchev–Trinajstić information content (AvgIpc) is 3.19. The van der Waals surface area contributed by atoms with Gasteiger partial charge in [0.25, 0.3) is 0 Å². The molecule has 5 nitrogen and oxygen atoms in total. The highest BCUT2D eigenvalue weighted by Gasteiger charge is 2.18. The minimum absolute atomic E-state index is 0.465. The van der Waals surface area contributed by atoms with E-state index in [0.717, 1.165) is 53.2 Å². The maximum Gasteiger partial charge on any atom is 0.162 e. The van der Waals surface area contributed by atoms with Gasteiger partial charge in [-0.05, 0) is 63.5 Å². The van der Waals surface area contributed by atoms with Crippen molar-refractivity contribution < 1.29 is 9.47 Å². The molecule has 2 heterocycles. The molecule has 0 atom stereocenters. The maximum absolute atomic E-state index is 6.17. The molecule has 178 valence electrons. The molecule has 0 aliphatic rings. The lowest BCUT2D eigenvalue weighted by atomic mass is 10.2. The van der Waals surface area contributed by atoms with Crippen LogP contribution in [0.5, 0.6) is 11.5 Å². The minimum Gasteiger partial charge on any atom is -0.493 e. The molecule has 6 aromatic rings. The molecular weight excluding hydrogens is 582 g/mol. The van der Waals surface area contributed by atoms with Gasteiger partial charge in [-0.2, -0.15) is 0 Å². The van der Waals surface area contributed by atoms with Crippen molar-refractivity contribution in [3.05, 3.63) is 105 Å². The normalized spacial score (nSPS) is 11.4. The van der Waals surface area contributed by atoms with Crippen molar-refractivity contribution in [3.8, 4) is 11.5 Å². The zero-order chi connectivity index (χ0) is 24.6. The summed E-state index contributed by atoms with van der Waals surface area (Å²) in [6, 6.07) is 28.3. The number of fused-ring (bicyclic) bond motifs is 4. The monoisotopic (exact) mass is 601 g/mol. The first kappa shape index (κ1) is 23.0. The van der Waals surface area contributed by atoms with Gasteiger partial charge in [0, 0.05) is 20.9 Å². The van der Waals surface area contributed by atoms with Crippen LogP contribution in [0.1, 0.15) is 11.1 Å². The van der Waals surface area contributed by atoms with Crippen LogP contribution in [0.3, 0.4) is 0 Å². The third-order valence-corrected chi connectivity index (χ3v) is 7.23. The molecule has 6 rings (SSSR count). The van der Waals surface area contributed by atoms with Crippen molar-refractivity contribution in [1.82, 2.24) is 14.5 Å². The Kier molecular flexibility index (Phi) is 6.11. The van der Waals surface area contributed by atoms with E-state index in [0.29, 0.717) is 24.7 Å². The molecule has 7 heteroatoms. The Morgan fingerprint density at radius 1 is 0.778 bits per heavy atom. The second-order valence-corrected chi connectivity index (χ2v) is 10.3. The van der Waals surface area contributed by atoms with Gasteiger partial charge >= 0.3 is 0 Å². The highest BCUT2D eigenvalue weighted by molar-refractivity contribution is 9.11. The number of benzene rings is 4. The van der Waals surface area contributed by atoms with E-state index < -0.39 is 0 Å². The number of halogens is 2. The van der Waals surface area contributed by atoms with Gasteiger partial charge in [0.1, 0.15) is 12.1 Å². The third kappa shape index (κ3) is 4.22. The van der Waals surface area contributed by atoms with Crippen LogP contribution in [0.25, 0.3) is 33.1 Å². The molecule has 0 saturated carbocycles. The molecule has 4 aromatic carbocycles. The summed E-state index contributed by atoms with van der Waals surface area (Å²) in [6.07, 6.45) is 0. The zero-order valence-corrected chi connectivity index (χ0v) is 22.6. The quantitative estimate of drug-likeness (QED) is 0.194. The second kappa shape index (κ2) is 9.56. The van der Waals surface area contributed by atoms with Crippen molar-refractivity contribution in [3.63, 3.8) is 0 Å². The van der Waals surface area contributed by atoms with Crippen LogP contribution in [0.2, 0.25) is 0 Å². The summed E-state index contributed by atoms with van der Waals surface area (Å²) in [5, 5.41) is 1.04. The number of ether oxygens (including phenoxy) is 2. The number of nitrogens with zero attached hydrogens (tertiary/aromatic N) is 3. The van der Waals surface area contributed by atoms with Crippen LogP contribution < -0.4 is 9.47 Å². The molecule has 0 radical (unpaired) electrons. The van der Waals surface area contributed by atoms with Crippen molar-refractivity contribution in [1.29, 1.82) is 0 Å². The van der Waals surface area contributed by atoms with Crippen molar-refractivity contribution in [2.24, 2.45) is 0 Å². The molecule has 36 heavy (non-hydrogen) atoms. The van der Waals surface area contributed by atoms with E-state index in [4.69, 9.17) is 19.4 Å². The Bertz CT molecular complexity index is 1730. The molecule has 0 N–H and O–H groups in total. The molecule has 0 amide bonds. The van der Waals surface area contributed by atoms with Gasteiger partial charge in [-0.25, -0.2) is 9.97 Å². The van der Waals surface area contributed by atoms with Gasteiger partial charge in [-0.15, -0.1) is 0 Å². The minimum atomic E-state index is 0.465. The SMILES string of the molecule is COc1ccc(Cn2c3nc4ccccc4nc3c3cc(Br)cc(Br)c32)cc1OCc1ccccc1. The van der Waals surface area contributed by atoms with E-state index in [9.17, 15) is 0 Å². The molecule has 0 unspecified atom stereocenters. The van der Waals surface area contributed by atoms with Crippen LogP contribution in [0, 0.1) is 0 Å². The molecule has 2 aromatic heterocycles. The first-order valence-electron chi connectivity index (χ1n) is 11.5. The van der Waals surface area contributed by atoms with Gasteiger partial charge in [0.2, 0.25) is 0 Å². The predicted octanol–water partition coefficient (Wildman–Crippen LogP) is 7.90. The van der Waals surface area contributed by atoms with Gasteiger partial charge in [-0.3, -0.25) is 0 Å². The lowest BCUT2D eigenvalue weighted by Gasteiger charge is -2.14. The maximum atomic E-state index is 6.17. The van der Waals surface area contributed by atoms with Crippen LogP contribution in [0.4, 0.5) is 0 Å². The number of hydrogen-bond donors (Lipinski definition) is 0. The Hall–Kier alpha value is -3.42. The highest BCUT2D eigenvalue weighted by Crippen LogP contribution is 2.37. The van der Waals surface area contributed by atoms with Gasteiger partial charge in [0.05, 0.1) is 23.7 Å². The fourth-order valence-corrected chi connectivity index (χ4v) is 5.93. The zero-order valence-electron chi connectivity index (χ0n) is 19.4. The van der Waals surface area contributed by atoms with Crippen molar-refractivity contribution >= 4 is 65.0 Å². The van der Waals surface area contributed by atoms with E-state index in [-0.39, 0.29) is 0 Å². The van der Waals surface area contributed by atoms with E-state index in [1.54, 1.807) is 7.11 Å². The van der Waals surface area contributed by atoms with Crippen molar-refractivity contribution in [2.75, 3.05) is 7.11 Å². The molecule has 0 spiro atoms. The topological polar surface area (TPSA) is 49.2 Å². The third-order valence-electron chi connectivity index (χ3n) is 6.17. The van der Waals surface area contributed by atoms with E-state index in [1.807, 2.05) is 66.7 Å². The molecule has 0 bridgehead atoms. The summed E-state index contributed by atoms with van der Waals surface area (Å²) in [7, 11) is 1.66. The van der Waals surface area contributed by atoms with Crippen LogP contribution >= 0.6 is 31.9 Å². The van der Waals surface area contributed by atoms with E-state index >= 15 is 0 Å². The number of methoxy groups -OCH3 is 1. The lowest BCUT2D eigenvalue weighted by molar-refractivity contribution is 0.284. The molecule has 0 aliphatic carbocycles. The summed E-state index contributed by atoms with van der Waals surface area (Å²) < 4.78 is 15.9. The van der Waals surface area contributed by atoms with Crippen molar-refractivity contribution in [2.45, 2.75) is 13.2 Å². The van der Waals surface area contributed by atoms with E-state index in [2.05, 4.69) is 54.6 Å². The standard InChI is InChI=1S/C29H21Br2N3O2/c1-35-25-12-11-19(13-26(25)36-17-18-7-3-2-4-8-18)16-34-28-21(14-20(30)15-22(28)31)27-29(34)33-24-10-6-5-9-23(24)32-27/h2-15H,16-17H2,1H3.